The Balaban J connectivity index is 1.63. The molecule has 0 atom stereocenters. The molecule has 0 aliphatic carbocycles. The largest absolute Gasteiger partial charge is 0.322 e. The fraction of sp³-hybridized carbons (Fsp3) is 0. The number of carbonyl (C=O) groups is 1. The summed E-state index contributed by atoms with van der Waals surface area (Å²) >= 11 is 1.57. The fourth-order valence-electron chi connectivity index (χ4n) is 2.75. The second-order valence-corrected chi connectivity index (χ2v) is 6.83. The predicted molar refractivity (Wildman–Crippen MR) is 106 cm³/mol. The molecule has 1 N–H and O–H groups in total. The Labute approximate surface area is 158 Å². The van der Waals surface area contributed by atoms with E-state index in [4.69, 9.17) is 0 Å². The zero-order chi connectivity index (χ0) is 18.8. The highest BCUT2D eigenvalue weighted by Crippen LogP contribution is 2.31. The Kier molecular flexibility index (Phi) is 4.35. The maximum atomic E-state index is 12.5. The molecule has 27 heavy (non-hydrogen) atoms. The van der Waals surface area contributed by atoms with E-state index in [1.54, 1.807) is 23.5 Å². The average molecular weight is 375 g/mol. The Morgan fingerprint density at radius 3 is 2.59 bits per heavy atom. The fourth-order valence-corrected chi connectivity index (χ4v) is 3.71. The minimum absolute atomic E-state index is 0.0212. The quantitative estimate of drug-likeness (QED) is 0.396. The third kappa shape index (κ3) is 3.40. The van der Waals surface area contributed by atoms with Crippen molar-refractivity contribution in [2.75, 3.05) is 5.32 Å². The van der Waals surface area contributed by atoms with Crippen molar-refractivity contribution in [3.05, 3.63) is 88.5 Å². The highest BCUT2D eigenvalue weighted by molar-refractivity contribution is 7.21. The van der Waals surface area contributed by atoms with Crippen LogP contribution in [0.3, 0.4) is 0 Å². The van der Waals surface area contributed by atoms with Crippen LogP contribution in [0.2, 0.25) is 0 Å². The van der Waals surface area contributed by atoms with Gasteiger partial charge in [-0.1, -0.05) is 36.4 Å². The maximum absolute atomic E-state index is 12.5. The van der Waals surface area contributed by atoms with E-state index in [9.17, 15) is 14.9 Å². The summed E-state index contributed by atoms with van der Waals surface area (Å²) in [6, 6.07) is 21.0. The first-order valence-corrected chi connectivity index (χ1v) is 8.94. The first-order valence-electron chi connectivity index (χ1n) is 8.12. The molecule has 0 fully saturated rings. The van der Waals surface area contributed by atoms with Crippen LogP contribution in [0.1, 0.15) is 10.4 Å². The molecule has 7 heteroatoms. The van der Waals surface area contributed by atoms with Crippen LogP contribution >= 0.6 is 11.3 Å². The Hall–Kier alpha value is -3.58. The average Bonchev–Trinajstić information content (AvgIpc) is 3.12. The number of hydrogen-bond donors (Lipinski definition) is 1. The Bertz CT molecular complexity index is 1140. The van der Waals surface area contributed by atoms with Gasteiger partial charge in [0.15, 0.2) is 0 Å². The number of nitro groups is 1. The van der Waals surface area contributed by atoms with Gasteiger partial charge in [0.25, 0.3) is 11.6 Å². The minimum atomic E-state index is -0.563. The SMILES string of the molecule is O=C(Nc1cccc(-c2nc3ccccc3s2)c1)c1ccccc1[N+](=O)[O-]. The lowest BCUT2D eigenvalue weighted by Gasteiger charge is -2.07. The number of aromatic nitrogens is 1. The molecule has 0 bridgehead atoms. The van der Waals surface area contributed by atoms with Gasteiger partial charge < -0.3 is 5.32 Å². The first kappa shape index (κ1) is 16.9. The second-order valence-electron chi connectivity index (χ2n) is 5.80. The summed E-state index contributed by atoms with van der Waals surface area (Å²) in [6.07, 6.45) is 0. The highest BCUT2D eigenvalue weighted by atomic mass is 32.1. The molecule has 3 aromatic carbocycles. The van der Waals surface area contributed by atoms with Gasteiger partial charge in [0.2, 0.25) is 0 Å². The van der Waals surface area contributed by atoms with Crippen molar-refractivity contribution in [1.29, 1.82) is 0 Å². The van der Waals surface area contributed by atoms with Gasteiger partial charge in [0, 0.05) is 17.3 Å². The number of benzene rings is 3. The maximum Gasteiger partial charge on any atom is 0.282 e. The van der Waals surface area contributed by atoms with Gasteiger partial charge in [-0.2, -0.15) is 0 Å². The molecule has 0 saturated carbocycles. The summed E-state index contributed by atoms with van der Waals surface area (Å²) < 4.78 is 1.09. The molecule has 0 aliphatic rings. The minimum Gasteiger partial charge on any atom is -0.322 e. The number of fused-ring (bicyclic) bond motifs is 1. The molecule has 0 aliphatic heterocycles. The lowest BCUT2D eigenvalue weighted by molar-refractivity contribution is -0.385. The second kappa shape index (κ2) is 6.97. The number of nitrogens with one attached hydrogen (secondary N) is 1. The molecule has 0 radical (unpaired) electrons. The van der Waals surface area contributed by atoms with E-state index < -0.39 is 10.8 Å². The number of amides is 1. The number of carbonyl (C=O) groups excluding carboxylic acids is 1. The number of anilines is 1. The van der Waals surface area contributed by atoms with E-state index in [0.29, 0.717) is 5.69 Å². The molecule has 132 valence electrons. The van der Waals surface area contributed by atoms with E-state index in [1.807, 2.05) is 42.5 Å². The van der Waals surface area contributed by atoms with Gasteiger partial charge >= 0.3 is 0 Å². The van der Waals surface area contributed by atoms with Crippen molar-refractivity contribution in [1.82, 2.24) is 4.98 Å². The monoisotopic (exact) mass is 375 g/mol. The molecule has 0 saturated heterocycles. The van der Waals surface area contributed by atoms with Gasteiger partial charge in [-0.15, -0.1) is 11.3 Å². The summed E-state index contributed by atoms with van der Waals surface area (Å²) in [4.78, 5) is 27.7. The van der Waals surface area contributed by atoms with Crippen molar-refractivity contribution in [3.8, 4) is 10.6 Å². The molecule has 4 rings (SSSR count). The van der Waals surface area contributed by atoms with Gasteiger partial charge in [-0.3, -0.25) is 14.9 Å². The van der Waals surface area contributed by atoms with Crippen LogP contribution in [0, 0.1) is 10.1 Å². The number of thiazole rings is 1. The van der Waals surface area contributed by atoms with E-state index in [0.717, 1.165) is 20.8 Å². The van der Waals surface area contributed by atoms with Gasteiger partial charge in [-0.25, -0.2) is 4.98 Å². The Morgan fingerprint density at radius 2 is 1.78 bits per heavy atom. The van der Waals surface area contributed by atoms with Crippen molar-refractivity contribution in [2.45, 2.75) is 0 Å². The smallest absolute Gasteiger partial charge is 0.282 e. The molecule has 1 amide bonds. The summed E-state index contributed by atoms with van der Waals surface area (Å²) in [6.45, 7) is 0. The van der Waals surface area contributed by atoms with Gasteiger partial charge in [0.05, 0.1) is 15.1 Å². The van der Waals surface area contributed by atoms with E-state index in [2.05, 4.69) is 10.3 Å². The van der Waals surface area contributed by atoms with Crippen LogP contribution in [0.25, 0.3) is 20.8 Å². The van der Waals surface area contributed by atoms with Crippen molar-refractivity contribution in [2.24, 2.45) is 0 Å². The molecule has 4 aromatic rings. The number of rotatable bonds is 4. The third-order valence-electron chi connectivity index (χ3n) is 4.01. The summed E-state index contributed by atoms with van der Waals surface area (Å²) in [5.41, 5.74) is 2.14. The van der Waals surface area contributed by atoms with Crippen molar-refractivity contribution >= 4 is 38.8 Å². The van der Waals surface area contributed by atoms with Crippen LogP contribution in [0.4, 0.5) is 11.4 Å². The van der Waals surface area contributed by atoms with Crippen LogP contribution in [-0.2, 0) is 0 Å². The number of nitrogens with zero attached hydrogens (tertiary/aromatic N) is 2. The molecular formula is C20H13N3O3S. The normalized spacial score (nSPS) is 10.7. The van der Waals surface area contributed by atoms with Crippen LogP contribution < -0.4 is 5.32 Å². The van der Waals surface area contributed by atoms with E-state index >= 15 is 0 Å². The molecule has 0 spiro atoms. The first-order chi connectivity index (χ1) is 13.1. The molecule has 6 nitrogen and oxygen atoms in total. The highest BCUT2D eigenvalue weighted by Gasteiger charge is 2.19. The lowest BCUT2D eigenvalue weighted by atomic mass is 10.1. The van der Waals surface area contributed by atoms with Crippen LogP contribution in [0.5, 0.6) is 0 Å². The topological polar surface area (TPSA) is 85.1 Å². The van der Waals surface area contributed by atoms with Gasteiger partial charge in [0.1, 0.15) is 10.6 Å². The van der Waals surface area contributed by atoms with E-state index in [-0.39, 0.29) is 11.3 Å². The van der Waals surface area contributed by atoms with Crippen LogP contribution in [0.15, 0.2) is 72.8 Å². The molecular weight excluding hydrogens is 362 g/mol. The Morgan fingerprint density at radius 1 is 1.00 bits per heavy atom. The number of para-hydroxylation sites is 2. The molecule has 1 aromatic heterocycles. The number of nitro benzene ring substituents is 1. The number of hydrogen-bond acceptors (Lipinski definition) is 5. The van der Waals surface area contributed by atoms with Gasteiger partial charge in [-0.05, 0) is 30.3 Å². The van der Waals surface area contributed by atoms with Crippen molar-refractivity contribution in [3.63, 3.8) is 0 Å². The summed E-state index contributed by atoms with van der Waals surface area (Å²) in [5, 5.41) is 14.7. The predicted octanol–water partition coefficient (Wildman–Crippen LogP) is 5.12. The zero-order valence-corrected chi connectivity index (χ0v) is 14.8. The molecule has 1 heterocycles. The lowest BCUT2D eigenvalue weighted by Crippen LogP contribution is -2.13. The zero-order valence-electron chi connectivity index (χ0n) is 14.0. The summed E-state index contributed by atoms with van der Waals surface area (Å²) in [7, 11) is 0. The molecule has 0 unspecified atom stereocenters. The third-order valence-corrected chi connectivity index (χ3v) is 5.09. The standard InChI is InChI=1S/C20H13N3O3S/c24-19(15-8-1-3-10-17(15)23(25)26)21-14-7-5-6-13(12-14)20-22-16-9-2-4-11-18(16)27-20/h1-12H,(H,21,24). The van der Waals surface area contributed by atoms with E-state index in [1.165, 1.54) is 18.2 Å². The summed E-state index contributed by atoms with van der Waals surface area (Å²) in [5.74, 6) is -0.524. The van der Waals surface area contributed by atoms with Crippen LogP contribution in [-0.4, -0.2) is 15.8 Å². The van der Waals surface area contributed by atoms with Crippen molar-refractivity contribution < 1.29 is 9.72 Å².